The first kappa shape index (κ1) is 37.7. The van der Waals surface area contributed by atoms with Crippen LogP contribution in [-0.4, -0.2) is 100 Å². The van der Waals surface area contributed by atoms with Crippen molar-refractivity contribution in [2.24, 2.45) is 28.1 Å². The first-order chi connectivity index (χ1) is 20.7. The van der Waals surface area contributed by atoms with Gasteiger partial charge in [-0.2, -0.15) is 0 Å². The maximum atomic E-state index is 13.2. The Labute approximate surface area is 256 Å². The number of nitrogens with zero attached hydrogens (tertiary/aromatic N) is 1. The highest BCUT2D eigenvalue weighted by atomic mass is 16.4. The Bertz CT molecular complexity index is 1130. The zero-order chi connectivity index (χ0) is 33.4. The molecular weight excluding hydrogens is 576 g/mol. The monoisotopic (exact) mass is 622 g/mol. The molecule has 4 amide bonds. The van der Waals surface area contributed by atoms with E-state index in [1.807, 2.05) is 6.07 Å². The lowest BCUT2D eigenvalue weighted by Crippen LogP contribution is -2.62. The third-order valence-electron chi connectivity index (χ3n) is 6.87. The quantitative estimate of drug-likeness (QED) is 0.0423. The van der Waals surface area contributed by atoms with Crippen molar-refractivity contribution in [2.75, 3.05) is 13.2 Å². The topological polar surface area (TPSA) is 285 Å². The highest BCUT2D eigenvalue weighted by Gasteiger charge is 2.35. The van der Waals surface area contributed by atoms with Gasteiger partial charge in [-0.05, 0) is 37.7 Å². The minimum absolute atomic E-state index is 0.0308. The summed E-state index contributed by atoms with van der Waals surface area (Å²) in [6.45, 7) is 3.95. The van der Waals surface area contributed by atoms with Crippen LogP contribution in [-0.2, 0) is 30.4 Å². The van der Waals surface area contributed by atoms with Gasteiger partial charge in [0.05, 0.1) is 18.8 Å². The largest absolute Gasteiger partial charge is 0.480 e. The lowest BCUT2D eigenvalue weighted by Gasteiger charge is -2.29. The number of guanidine groups is 1. The molecule has 1 rings (SSSR count). The second-order valence-electron chi connectivity index (χ2n) is 10.5. The molecule has 0 aliphatic rings. The number of benzene rings is 1. The van der Waals surface area contributed by atoms with Gasteiger partial charge in [-0.25, -0.2) is 4.79 Å². The van der Waals surface area contributed by atoms with Crippen LogP contribution in [0.2, 0.25) is 0 Å². The van der Waals surface area contributed by atoms with E-state index in [2.05, 4.69) is 26.3 Å². The fourth-order valence-electron chi connectivity index (χ4n) is 4.06. The van der Waals surface area contributed by atoms with E-state index < -0.39 is 78.4 Å². The summed E-state index contributed by atoms with van der Waals surface area (Å²) in [5, 5.41) is 39.1. The maximum Gasteiger partial charge on any atom is 0.326 e. The number of aliphatic imine (C=N–C) groups is 1. The molecule has 0 radical (unpaired) electrons. The smallest absolute Gasteiger partial charge is 0.326 e. The van der Waals surface area contributed by atoms with Crippen LogP contribution in [0.1, 0.15) is 45.6 Å². The minimum Gasteiger partial charge on any atom is -0.480 e. The Hall–Kier alpha value is -4.28. The minimum atomic E-state index is -1.55. The molecule has 0 aromatic heterocycles. The number of carbonyl (C=O) groups is 5. The van der Waals surface area contributed by atoms with Gasteiger partial charge in [0, 0.05) is 6.54 Å². The Balaban J connectivity index is 2.95. The van der Waals surface area contributed by atoms with Gasteiger partial charge in [0.25, 0.3) is 0 Å². The van der Waals surface area contributed by atoms with Crippen LogP contribution in [0.3, 0.4) is 0 Å². The summed E-state index contributed by atoms with van der Waals surface area (Å²) in [5.41, 5.74) is 17.3. The molecule has 1 aromatic rings. The molecule has 44 heavy (non-hydrogen) atoms. The van der Waals surface area contributed by atoms with Gasteiger partial charge < -0.3 is 53.8 Å². The number of nitrogens with one attached hydrogen (secondary N) is 4. The third kappa shape index (κ3) is 12.9. The molecule has 16 nitrogen and oxygen atoms in total. The van der Waals surface area contributed by atoms with E-state index in [9.17, 15) is 39.3 Å². The van der Waals surface area contributed by atoms with Gasteiger partial charge in [0.2, 0.25) is 23.6 Å². The number of aliphatic carboxylic acids is 1. The first-order valence-electron chi connectivity index (χ1n) is 14.3. The summed E-state index contributed by atoms with van der Waals surface area (Å²) < 4.78 is 0. The van der Waals surface area contributed by atoms with Gasteiger partial charge in [0.1, 0.15) is 24.2 Å². The summed E-state index contributed by atoms with van der Waals surface area (Å²) in [6.07, 6.45) is -0.580. The van der Waals surface area contributed by atoms with Crippen molar-refractivity contribution in [3.8, 4) is 0 Å². The zero-order valence-corrected chi connectivity index (χ0v) is 25.2. The van der Waals surface area contributed by atoms with E-state index in [0.29, 0.717) is 6.42 Å². The highest BCUT2D eigenvalue weighted by molar-refractivity contribution is 5.95. The van der Waals surface area contributed by atoms with Crippen molar-refractivity contribution in [2.45, 2.75) is 82.8 Å². The van der Waals surface area contributed by atoms with Gasteiger partial charge >= 0.3 is 5.97 Å². The lowest BCUT2D eigenvalue weighted by molar-refractivity contribution is -0.143. The predicted molar refractivity (Wildman–Crippen MR) is 162 cm³/mol. The van der Waals surface area contributed by atoms with Crippen LogP contribution in [0, 0.1) is 5.92 Å². The first-order valence-corrected chi connectivity index (χ1v) is 14.3. The lowest BCUT2D eigenvalue weighted by atomic mass is 9.97. The second-order valence-corrected chi connectivity index (χ2v) is 10.5. The van der Waals surface area contributed by atoms with Gasteiger partial charge in [0.15, 0.2) is 5.96 Å². The van der Waals surface area contributed by atoms with Crippen LogP contribution >= 0.6 is 0 Å². The molecule has 0 unspecified atom stereocenters. The SMILES string of the molecule is CC[C@H](C)[C@H](NC(=O)[C@@H](NC(=O)[C@@H](N)Cc1ccccc1)[C@@H](C)O)C(=O)N[C@@H](CO)C(=O)N[C@@H](CCCN=C(N)N)C(=O)O. The van der Waals surface area contributed by atoms with Crippen molar-refractivity contribution in [1.82, 2.24) is 21.3 Å². The molecule has 0 bridgehead atoms. The molecule has 16 heteroatoms. The highest BCUT2D eigenvalue weighted by Crippen LogP contribution is 2.10. The second kappa shape index (κ2) is 19.1. The summed E-state index contributed by atoms with van der Waals surface area (Å²) in [5.74, 6) is -5.38. The Morgan fingerprint density at radius 3 is 1.95 bits per heavy atom. The molecule has 246 valence electrons. The average molecular weight is 623 g/mol. The molecule has 0 heterocycles. The molecule has 0 spiro atoms. The van der Waals surface area contributed by atoms with E-state index in [0.717, 1.165) is 5.56 Å². The van der Waals surface area contributed by atoms with E-state index >= 15 is 0 Å². The number of aliphatic hydroxyl groups is 2. The molecule has 0 saturated heterocycles. The number of hydrogen-bond donors (Lipinski definition) is 10. The number of carbonyl (C=O) groups excluding carboxylic acids is 4. The van der Waals surface area contributed by atoms with Crippen LogP contribution < -0.4 is 38.5 Å². The summed E-state index contributed by atoms with van der Waals surface area (Å²) >= 11 is 0. The molecule has 13 N–H and O–H groups in total. The van der Waals surface area contributed by atoms with Gasteiger partial charge in [-0.3, -0.25) is 24.2 Å². The number of aliphatic hydroxyl groups excluding tert-OH is 2. The van der Waals surface area contributed by atoms with Crippen molar-refractivity contribution in [3.05, 3.63) is 35.9 Å². The number of carboxylic acids is 1. The molecule has 0 saturated carbocycles. The van der Waals surface area contributed by atoms with E-state index in [1.165, 1.54) is 6.92 Å². The van der Waals surface area contributed by atoms with Crippen LogP contribution in [0.4, 0.5) is 0 Å². The van der Waals surface area contributed by atoms with E-state index in [1.54, 1.807) is 38.1 Å². The standard InChI is InChI=1S/C28H46N8O8/c1-4-15(2)21(25(41)34-20(14-37)24(40)33-19(27(43)44)11-8-12-32-28(30)31)35-26(42)22(16(3)38)36-23(39)18(29)13-17-9-6-5-7-10-17/h5-7,9-10,15-16,18-22,37-38H,4,8,11-14,29H2,1-3H3,(H,33,40)(H,34,41)(H,35,42)(H,36,39)(H,43,44)(H4,30,31,32)/t15-,16+,18-,19-,20-,21-,22-/m0/s1. The number of carboxylic acid groups (broad SMARTS) is 1. The normalized spacial score (nSPS) is 15.7. The average Bonchev–Trinajstić information content (AvgIpc) is 2.97. The molecule has 0 aliphatic carbocycles. The van der Waals surface area contributed by atoms with Crippen molar-refractivity contribution >= 4 is 35.6 Å². The molecule has 1 aromatic carbocycles. The molecule has 7 atom stereocenters. The van der Waals surface area contributed by atoms with Crippen LogP contribution in [0.25, 0.3) is 0 Å². The fourth-order valence-corrected chi connectivity index (χ4v) is 4.06. The molecular formula is C28H46N8O8. The van der Waals surface area contributed by atoms with Crippen molar-refractivity contribution in [3.63, 3.8) is 0 Å². The number of amides is 4. The Morgan fingerprint density at radius 2 is 1.43 bits per heavy atom. The van der Waals surface area contributed by atoms with E-state index in [4.69, 9.17) is 17.2 Å². The van der Waals surface area contributed by atoms with Crippen LogP contribution in [0.15, 0.2) is 35.3 Å². The third-order valence-corrected chi connectivity index (χ3v) is 6.87. The maximum absolute atomic E-state index is 13.2. The number of rotatable bonds is 19. The van der Waals surface area contributed by atoms with Gasteiger partial charge in [-0.15, -0.1) is 0 Å². The molecule has 0 fully saturated rings. The zero-order valence-electron chi connectivity index (χ0n) is 25.2. The Morgan fingerprint density at radius 1 is 0.864 bits per heavy atom. The van der Waals surface area contributed by atoms with Crippen LogP contribution in [0.5, 0.6) is 0 Å². The van der Waals surface area contributed by atoms with Gasteiger partial charge in [-0.1, -0.05) is 50.6 Å². The van der Waals surface area contributed by atoms with Crippen molar-refractivity contribution in [1.29, 1.82) is 0 Å². The summed E-state index contributed by atoms with van der Waals surface area (Å²) in [4.78, 5) is 67.3. The summed E-state index contributed by atoms with van der Waals surface area (Å²) in [6, 6.07) is 2.34. The summed E-state index contributed by atoms with van der Waals surface area (Å²) in [7, 11) is 0. The number of hydrogen-bond acceptors (Lipinski definition) is 9. The Kier molecular flexibility index (Phi) is 16.4. The number of nitrogens with two attached hydrogens (primary N) is 3. The van der Waals surface area contributed by atoms with E-state index in [-0.39, 0.29) is 31.8 Å². The van der Waals surface area contributed by atoms with Crippen molar-refractivity contribution < 1.29 is 39.3 Å². The fraction of sp³-hybridized carbons (Fsp3) is 0.571. The molecule has 0 aliphatic heterocycles. The predicted octanol–water partition coefficient (Wildman–Crippen LogP) is -2.95.